The Hall–Kier alpha value is -2.34. The van der Waals surface area contributed by atoms with Crippen molar-refractivity contribution in [3.8, 4) is 0 Å². The predicted octanol–water partition coefficient (Wildman–Crippen LogP) is 2.60. The van der Waals surface area contributed by atoms with Crippen molar-refractivity contribution in [2.45, 2.75) is 13.3 Å². The number of piperazine rings is 1. The Balaban J connectivity index is 1.60. The topological polar surface area (TPSA) is 52.7 Å². The number of hydrogen-bond acceptors (Lipinski definition) is 4. The number of hydrogen-bond donors (Lipinski definition) is 1. The van der Waals surface area contributed by atoms with Gasteiger partial charge in [-0.25, -0.2) is 0 Å². The molecule has 0 saturated carbocycles. The number of rotatable bonds is 4. The molecule has 2 aromatic rings. The average molecular weight is 343 g/mol. The van der Waals surface area contributed by atoms with Crippen molar-refractivity contribution in [3.05, 3.63) is 46.7 Å². The molecule has 0 bridgehead atoms. The minimum Gasteiger partial charge on any atom is -0.368 e. The third-order valence-electron chi connectivity index (χ3n) is 4.13. The van der Waals surface area contributed by atoms with Crippen LogP contribution in [0.5, 0.6) is 0 Å². The van der Waals surface area contributed by atoms with Crippen LogP contribution in [0.2, 0.25) is 0 Å². The monoisotopic (exact) mass is 343 g/mol. The molecule has 0 radical (unpaired) electrons. The SMILES string of the molecule is CC(=O)N1CCN(c2cccc(NC(=O)Cc3cccs3)c2)CC1. The van der Waals surface area contributed by atoms with Crippen molar-refractivity contribution in [2.24, 2.45) is 0 Å². The van der Waals surface area contributed by atoms with Gasteiger partial charge in [-0.15, -0.1) is 11.3 Å². The van der Waals surface area contributed by atoms with E-state index in [9.17, 15) is 9.59 Å². The average Bonchev–Trinajstić information content (AvgIpc) is 3.08. The minimum atomic E-state index is -0.00370. The van der Waals surface area contributed by atoms with Crippen LogP contribution in [0.3, 0.4) is 0 Å². The number of benzene rings is 1. The summed E-state index contributed by atoms with van der Waals surface area (Å²) in [6.07, 6.45) is 0.402. The normalized spacial score (nSPS) is 14.5. The molecule has 24 heavy (non-hydrogen) atoms. The quantitative estimate of drug-likeness (QED) is 0.928. The molecule has 1 aliphatic heterocycles. The van der Waals surface area contributed by atoms with Crippen LogP contribution < -0.4 is 10.2 Å². The highest BCUT2D eigenvalue weighted by Crippen LogP contribution is 2.21. The van der Waals surface area contributed by atoms with Gasteiger partial charge in [0.05, 0.1) is 6.42 Å². The number of nitrogens with one attached hydrogen (secondary N) is 1. The molecule has 0 atom stereocenters. The van der Waals surface area contributed by atoms with Crippen LogP contribution in [-0.4, -0.2) is 42.9 Å². The summed E-state index contributed by atoms with van der Waals surface area (Å²) in [6.45, 7) is 4.71. The van der Waals surface area contributed by atoms with Crippen LogP contribution in [0.1, 0.15) is 11.8 Å². The van der Waals surface area contributed by atoms with Gasteiger partial charge >= 0.3 is 0 Å². The van der Waals surface area contributed by atoms with Gasteiger partial charge in [0.25, 0.3) is 0 Å². The summed E-state index contributed by atoms with van der Waals surface area (Å²) in [6, 6.07) is 11.8. The number of carbonyl (C=O) groups excluding carboxylic acids is 2. The van der Waals surface area contributed by atoms with E-state index in [-0.39, 0.29) is 11.8 Å². The summed E-state index contributed by atoms with van der Waals surface area (Å²) in [5, 5.41) is 4.94. The maximum absolute atomic E-state index is 12.1. The van der Waals surface area contributed by atoms with E-state index < -0.39 is 0 Å². The fourth-order valence-corrected chi connectivity index (χ4v) is 3.54. The number of anilines is 2. The molecular weight excluding hydrogens is 322 g/mol. The molecule has 5 nitrogen and oxygen atoms in total. The standard InChI is InChI=1S/C18H21N3O2S/c1-14(22)20-7-9-21(10-8-20)16-5-2-4-15(12-16)19-18(23)13-17-6-3-11-24-17/h2-6,11-12H,7-10,13H2,1H3,(H,19,23). The van der Waals surface area contributed by atoms with Gasteiger partial charge in [-0.3, -0.25) is 9.59 Å². The molecular formula is C18H21N3O2S. The lowest BCUT2D eigenvalue weighted by molar-refractivity contribution is -0.129. The van der Waals surface area contributed by atoms with Gasteiger partial charge in [0, 0.05) is 49.4 Å². The summed E-state index contributed by atoms with van der Waals surface area (Å²) in [4.78, 5) is 28.7. The van der Waals surface area contributed by atoms with Gasteiger partial charge in [0.2, 0.25) is 11.8 Å². The molecule has 0 unspecified atom stereocenters. The van der Waals surface area contributed by atoms with Crippen molar-refractivity contribution in [1.29, 1.82) is 0 Å². The van der Waals surface area contributed by atoms with E-state index in [2.05, 4.69) is 10.2 Å². The highest BCUT2D eigenvalue weighted by molar-refractivity contribution is 7.10. The smallest absolute Gasteiger partial charge is 0.229 e. The maximum atomic E-state index is 12.1. The molecule has 1 aliphatic rings. The van der Waals surface area contributed by atoms with Crippen molar-refractivity contribution < 1.29 is 9.59 Å². The van der Waals surface area contributed by atoms with Crippen LogP contribution in [0, 0.1) is 0 Å². The lowest BCUT2D eigenvalue weighted by Crippen LogP contribution is -2.48. The van der Waals surface area contributed by atoms with E-state index >= 15 is 0 Å². The Morgan fingerprint density at radius 2 is 1.92 bits per heavy atom. The zero-order valence-corrected chi connectivity index (χ0v) is 14.5. The van der Waals surface area contributed by atoms with Gasteiger partial charge < -0.3 is 15.1 Å². The largest absolute Gasteiger partial charge is 0.368 e. The zero-order chi connectivity index (χ0) is 16.9. The van der Waals surface area contributed by atoms with Crippen LogP contribution in [-0.2, 0) is 16.0 Å². The Morgan fingerprint density at radius 3 is 2.58 bits per heavy atom. The summed E-state index contributed by atoms with van der Waals surface area (Å²) in [5.74, 6) is 0.125. The molecule has 1 aromatic heterocycles. The fourth-order valence-electron chi connectivity index (χ4n) is 2.84. The predicted molar refractivity (Wildman–Crippen MR) is 97.6 cm³/mol. The molecule has 126 valence electrons. The van der Waals surface area contributed by atoms with Gasteiger partial charge in [0.1, 0.15) is 0 Å². The highest BCUT2D eigenvalue weighted by atomic mass is 32.1. The van der Waals surface area contributed by atoms with Crippen LogP contribution >= 0.6 is 11.3 Å². The van der Waals surface area contributed by atoms with E-state index in [1.807, 2.05) is 46.7 Å². The molecule has 3 rings (SSSR count). The number of amides is 2. The van der Waals surface area contributed by atoms with Gasteiger partial charge in [-0.2, -0.15) is 0 Å². The van der Waals surface area contributed by atoms with Crippen molar-refractivity contribution in [1.82, 2.24) is 4.90 Å². The Bertz CT molecular complexity index is 707. The molecule has 0 spiro atoms. The van der Waals surface area contributed by atoms with Crippen molar-refractivity contribution >= 4 is 34.5 Å². The minimum absolute atomic E-state index is 0.00370. The van der Waals surface area contributed by atoms with Crippen molar-refractivity contribution in [2.75, 3.05) is 36.4 Å². The molecule has 6 heteroatoms. The van der Waals surface area contributed by atoms with Gasteiger partial charge in [0.15, 0.2) is 0 Å². The summed E-state index contributed by atoms with van der Waals surface area (Å²) >= 11 is 1.59. The van der Waals surface area contributed by atoms with E-state index in [1.54, 1.807) is 18.3 Å². The van der Waals surface area contributed by atoms with Crippen LogP contribution in [0.25, 0.3) is 0 Å². The van der Waals surface area contributed by atoms with Crippen molar-refractivity contribution in [3.63, 3.8) is 0 Å². The second-order valence-electron chi connectivity index (χ2n) is 5.85. The first-order chi connectivity index (χ1) is 11.6. The summed E-state index contributed by atoms with van der Waals surface area (Å²) < 4.78 is 0. The second-order valence-corrected chi connectivity index (χ2v) is 6.88. The molecule has 2 amide bonds. The highest BCUT2D eigenvalue weighted by Gasteiger charge is 2.19. The molecule has 1 N–H and O–H groups in total. The van der Waals surface area contributed by atoms with Gasteiger partial charge in [-0.1, -0.05) is 12.1 Å². The first-order valence-electron chi connectivity index (χ1n) is 8.04. The number of carbonyl (C=O) groups is 2. The lowest BCUT2D eigenvalue weighted by atomic mass is 10.2. The zero-order valence-electron chi connectivity index (χ0n) is 13.7. The van der Waals surface area contributed by atoms with E-state index in [4.69, 9.17) is 0 Å². The van der Waals surface area contributed by atoms with Crippen LogP contribution in [0.15, 0.2) is 41.8 Å². The third kappa shape index (κ3) is 4.14. The summed E-state index contributed by atoms with van der Waals surface area (Å²) in [7, 11) is 0. The first kappa shape index (κ1) is 16.5. The molecule has 1 aromatic carbocycles. The van der Waals surface area contributed by atoms with Gasteiger partial charge in [-0.05, 0) is 29.6 Å². The molecule has 0 aliphatic carbocycles. The van der Waals surface area contributed by atoms with E-state index in [0.29, 0.717) is 6.42 Å². The maximum Gasteiger partial charge on any atom is 0.229 e. The fraction of sp³-hybridized carbons (Fsp3) is 0.333. The third-order valence-corrected chi connectivity index (χ3v) is 5.01. The number of nitrogens with zero attached hydrogens (tertiary/aromatic N) is 2. The first-order valence-corrected chi connectivity index (χ1v) is 8.92. The Labute approximate surface area is 145 Å². The Kier molecular flexibility index (Phi) is 5.15. The second kappa shape index (κ2) is 7.49. The van der Waals surface area contributed by atoms with Crippen LogP contribution in [0.4, 0.5) is 11.4 Å². The van der Waals surface area contributed by atoms with E-state index in [1.165, 1.54) is 0 Å². The summed E-state index contributed by atoms with van der Waals surface area (Å²) in [5.41, 5.74) is 1.88. The molecule has 2 heterocycles. The number of thiophene rings is 1. The molecule has 1 saturated heterocycles. The molecule has 1 fully saturated rings. The Morgan fingerprint density at radius 1 is 1.12 bits per heavy atom. The lowest BCUT2D eigenvalue weighted by Gasteiger charge is -2.35. The van der Waals surface area contributed by atoms with E-state index in [0.717, 1.165) is 42.4 Å².